The van der Waals surface area contributed by atoms with Gasteiger partial charge in [-0.15, -0.1) is 24.0 Å². The quantitative estimate of drug-likeness (QED) is 0.362. The summed E-state index contributed by atoms with van der Waals surface area (Å²) >= 11 is 0. The summed E-state index contributed by atoms with van der Waals surface area (Å²) in [5, 5.41) is 5.94. The zero-order valence-corrected chi connectivity index (χ0v) is 15.9. The van der Waals surface area contributed by atoms with E-state index in [1.807, 2.05) is 32.0 Å². The molecule has 0 aliphatic rings. The Morgan fingerprint density at radius 2 is 2.09 bits per heavy atom. The molecule has 0 spiro atoms. The predicted octanol–water partition coefficient (Wildman–Crippen LogP) is 2.90. The van der Waals surface area contributed by atoms with Crippen LogP contribution in [0.15, 0.2) is 29.3 Å². The van der Waals surface area contributed by atoms with Crippen LogP contribution in [0.2, 0.25) is 0 Å². The van der Waals surface area contributed by atoms with E-state index in [2.05, 4.69) is 28.6 Å². The van der Waals surface area contributed by atoms with Gasteiger partial charge in [-0.2, -0.15) is 0 Å². The van der Waals surface area contributed by atoms with Gasteiger partial charge in [-0.1, -0.05) is 26.0 Å². The second kappa shape index (κ2) is 11.3. The van der Waals surface area contributed by atoms with Gasteiger partial charge in [-0.25, -0.2) is 0 Å². The minimum atomic E-state index is 0. The number of nitrogens with one attached hydrogen (secondary N) is 2. The van der Waals surface area contributed by atoms with Gasteiger partial charge in [-0.3, -0.25) is 9.79 Å². The number of amides is 1. The zero-order valence-electron chi connectivity index (χ0n) is 13.6. The van der Waals surface area contributed by atoms with Gasteiger partial charge >= 0.3 is 0 Å². The van der Waals surface area contributed by atoms with Gasteiger partial charge in [0.1, 0.15) is 0 Å². The average molecular weight is 418 g/mol. The first-order valence-corrected chi connectivity index (χ1v) is 7.50. The van der Waals surface area contributed by atoms with Gasteiger partial charge in [0.25, 0.3) is 0 Å². The van der Waals surface area contributed by atoms with Crippen molar-refractivity contribution >= 4 is 41.5 Å². The molecule has 0 heterocycles. The van der Waals surface area contributed by atoms with Crippen LogP contribution in [0.5, 0.6) is 0 Å². The van der Waals surface area contributed by atoms with Crippen LogP contribution in [0.3, 0.4) is 0 Å². The number of hydrogen-bond acceptors (Lipinski definition) is 2. The summed E-state index contributed by atoms with van der Waals surface area (Å²) in [6, 6.07) is 8.23. The summed E-state index contributed by atoms with van der Waals surface area (Å²) in [6.07, 6.45) is 2.25. The molecule has 0 saturated carbocycles. The van der Waals surface area contributed by atoms with Gasteiger partial charge in [0.05, 0.1) is 6.54 Å². The molecule has 1 atom stereocenters. The second-order valence-corrected chi connectivity index (χ2v) is 5.07. The standard InChI is InChI=1S/C16H26N4O.HI/c1-4-12(3)19-15(21)9-10-18-16(17)20-14-8-6-7-13(5-2)11-14;/h6-8,11-12H,4-5,9-10H2,1-3H3,(H,19,21)(H3,17,18,20);1H. The summed E-state index contributed by atoms with van der Waals surface area (Å²) in [6.45, 7) is 6.51. The van der Waals surface area contributed by atoms with E-state index in [1.54, 1.807) is 0 Å². The summed E-state index contributed by atoms with van der Waals surface area (Å²) in [7, 11) is 0. The molecule has 0 bridgehead atoms. The van der Waals surface area contributed by atoms with Gasteiger partial charge in [0.2, 0.25) is 5.91 Å². The molecule has 5 nitrogen and oxygen atoms in total. The number of carbonyl (C=O) groups is 1. The Morgan fingerprint density at radius 1 is 1.36 bits per heavy atom. The largest absolute Gasteiger partial charge is 0.370 e. The molecule has 0 saturated heterocycles. The van der Waals surface area contributed by atoms with Crippen LogP contribution in [0, 0.1) is 0 Å². The maximum Gasteiger partial charge on any atom is 0.222 e. The molecular formula is C16H27IN4O. The van der Waals surface area contributed by atoms with Gasteiger partial charge < -0.3 is 16.4 Å². The van der Waals surface area contributed by atoms with Gasteiger partial charge in [-0.05, 0) is 37.5 Å². The Hall–Kier alpha value is -1.31. The number of halogens is 1. The number of guanidine groups is 1. The SMILES string of the molecule is CCc1cccc(NC(N)=NCCC(=O)NC(C)CC)c1.I. The fraction of sp³-hybridized carbons (Fsp3) is 0.500. The molecule has 0 aliphatic heterocycles. The molecule has 1 aromatic rings. The first kappa shape index (κ1) is 20.7. The molecule has 0 fully saturated rings. The van der Waals surface area contributed by atoms with Gasteiger partial charge in [0.15, 0.2) is 5.96 Å². The summed E-state index contributed by atoms with van der Waals surface area (Å²) in [5.74, 6) is 0.341. The van der Waals surface area contributed by atoms with Crippen molar-refractivity contribution in [3.8, 4) is 0 Å². The highest BCUT2D eigenvalue weighted by Gasteiger charge is 2.04. The number of nitrogens with zero attached hydrogens (tertiary/aromatic N) is 1. The smallest absolute Gasteiger partial charge is 0.222 e. The van der Waals surface area contributed by atoms with E-state index in [0.717, 1.165) is 18.5 Å². The Kier molecular flexibility index (Phi) is 10.6. The highest BCUT2D eigenvalue weighted by molar-refractivity contribution is 14.0. The first-order valence-electron chi connectivity index (χ1n) is 7.50. The van der Waals surface area contributed by atoms with Crippen LogP contribution >= 0.6 is 24.0 Å². The van der Waals surface area contributed by atoms with Gasteiger partial charge in [0, 0.05) is 18.2 Å². The molecule has 0 aromatic heterocycles. The molecule has 4 N–H and O–H groups in total. The molecule has 6 heteroatoms. The van der Waals surface area contributed by atoms with E-state index in [9.17, 15) is 4.79 Å². The summed E-state index contributed by atoms with van der Waals surface area (Å²) in [4.78, 5) is 15.8. The summed E-state index contributed by atoms with van der Waals surface area (Å²) < 4.78 is 0. The van der Waals surface area contributed by atoms with Crippen LogP contribution in [-0.4, -0.2) is 24.5 Å². The van der Waals surface area contributed by atoms with Crippen molar-refractivity contribution in [2.24, 2.45) is 10.7 Å². The maximum absolute atomic E-state index is 11.6. The Morgan fingerprint density at radius 3 is 2.73 bits per heavy atom. The lowest BCUT2D eigenvalue weighted by Gasteiger charge is -2.10. The van der Waals surface area contributed by atoms with Crippen LogP contribution < -0.4 is 16.4 Å². The minimum absolute atomic E-state index is 0. The molecule has 1 amide bonds. The number of rotatable bonds is 7. The molecule has 124 valence electrons. The number of aryl methyl sites for hydroxylation is 1. The van der Waals surface area contributed by atoms with E-state index in [4.69, 9.17) is 5.73 Å². The topological polar surface area (TPSA) is 79.5 Å². The molecule has 22 heavy (non-hydrogen) atoms. The molecular weight excluding hydrogens is 391 g/mol. The molecule has 1 unspecified atom stereocenters. The third-order valence-corrected chi connectivity index (χ3v) is 3.25. The average Bonchev–Trinajstić information content (AvgIpc) is 2.47. The number of carbonyl (C=O) groups excluding carboxylic acids is 1. The molecule has 1 aromatic carbocycles. The van der Waals surface area contributed by atoms with E-state index < -0.39 is 0 Å². The zero-order chi connectivity index (χ0) is 15.7. The number of benzene rings is 1. The lowest BCUT2D eigenvalue weighted by atomic mass is 10.1. The minimum Gasteiger partial charge on any atom is -0.370 e. The Labute approximate surface area is 150 Å². The Bertz CT molecular complexity index is 491. The van der Waals surface area contributed by atoms with Crippen LogP contribution in [0.1, 0.15) is 39.2 Å². The van der Waals surface area contributed by atoms with E-state index in [1.165, 1.54) is 5.56 Å². The fourth-order valence-corrected chi connectivity index (χ4v) is 1.78. The van der Waals surface area contributed by atoms with Crippen molar-refractivity contribution in [1.29, 1.82) is 0 Å². The van der Waals surface area contributed by atoms with Crippen molar-refractivity contribution in [3.05, 3.63) is 29.8 Å². The van der Waals surface area contributed by atoms with E-state index >= 15 is 0 Å². The highest BCUT2D eigenvalue weighted by Crippen LogP contribution is 2.10. The van der Waals surface area contributed by atoms with Crippen molar-refractivity contribution < 1.29 is 4.79 Å². The fourth-order valence-electron chi connectivity index (χ4n) is 1.78. The van der Waals surface area contributed by atoms with E-state index in [0.29, 0.717) is 18.9 Å². The molecule has 1 rings (SSSR count). The highest BCUT2D eigenvalue weighted by atomic mass is 127. The van der Waals surface area contributed by atoms with E-state index in [-0.39, 0.29) is 35.9 Å². The lowest BCUT2D eigenvalue weighted by Crippen LogP contribution is -2.32. The third-order valence-electron chi connectivity index (χ3n) is 3.25. The number of anilines is 1. The normalized spacial score (nSPS) is 12.2. The third kappa shape index (κ3) is 8.21. The first-order chi connectivity index (χ1) is 10.0. The van der Waals surface area contributed by atoms with Crippen molar-refractivity contribution in [2.75, 3.05) is 11.9 Å². The number of aliphatic imine (C=N–C) groups is 1. The van der Waals surface area contributed by atoms with Crippen LogP contribution in [-0.2, 0) is 11.2 Å². The lowest BCUT2D eigenvalue weighted by molar-refractivity contribution is -0.121. The van der Waals surface area contributed by atoms with Crippen LogP contribution in [0.25, 0.3) is 0 Å². The van der Waals surface area contributed by atoms with Crippen molar-refractivity contribution in [3.63, 3.8) is 0 Å². The number of hydrogen-bond donors (Lipinski definition) is 3. The van der Waals surface area contributed by atoms with Crippen molar-refractivity contribution in [1.82, 2.24) is 5.32 Å². The maximum atomic E-state index is 11.6. The number of nitrogens with two attached hydrogens (primary N) is 1. The van der Waals surface area contributed by atoms with Crippen molar-refractivity contribution in [2.45, 2.75) is 46.1 Å². The monoisotopic (exact) mass is 418 g/mol. The van der Waals surface area contributed by atoms with Crippen LogP contribution in [0.4, 0.5) is 5.69 Å². The Balaban J connectivity index is 0.00000441. The summed E-state index contributed by atoms with van der Waals surface area (Å²) in [5.41, 5.74) is 7.97. The second-order valence-electron chi connectivity index (χ2n) is 5.07. The predicted molar refractivity (Wildman–Crippen MR) is 104 cm³/mol. The molecule has 0 aliphatic carbocycles. The molecule has 0 radical (unpaired) electrons.